The van der Waals surface area contributed by atoms with E-state index in [1.54, 1.807) is 18.2 Å². The van der Waals surface area contributed by atoms with Gasteiger partial charge < -0.3 is 20.1 Å². The first kappa shape index (κ1) is 19.1. The highest BCUT2D eigenvalue weighted by atomic mass is 35.5. The van der Waals surface area contributed by atoms with Gasteiger partial charge in [-0.2, -0.15) is 0 Å². The molecule has 1 heterocycles. The van der Waals surface area contributed by atoms with E-state index in [9.17, 15) is 9.90 Å². The van der Waals surface area contributed by atoms with Crippen LogP contribution in [0.3, 0.4) is 0 Å². The number of halogens is 1. The van der Waals surface area contributed by atoms with Gasteiger partial charge in [-0.15, -0.1) is 0 Å². The average molecular weight is 387 g/mol. The lowest BCUT2D eigenvalue weighted by molar-refractivity contribution is -0.116. The third kappa shape index (κ3) is 4.95. The minimum Gasteiger partial charge on any atom is -0.504 e. The summed E-state index contributed by atoms with van der Waals surface area (Å²) in [4.78, 5) is 14.3. The quantitative estimate of drug-likeness (QED) is 0.563. The number of fused-ring (bicyclic) bond motifs is 1. The first-order valence-corrected chi connectivity index (χ1v) is 9.31. The molecule has 1 amide bonds. The number of anilines is 1. The Morgan fingerprint density at radius 1 is 1.33 bits per heavy atom. The molecule has 0 saturated carbocycles. The molecule has 2 aromatic carbocycles. The van der Waals surface area contributed by atoms with Gasteiger partial charge in [-0.05, 0) is 60.4 Å². The van der Waals surface area contributed by atoms with Crippen molar-refractivity contribution in [2.75, 3.05) is 31.6 Å². The Bertz CT molecular complexity index is 851. The lowest BCUT2D eigenvalue weighted by Gasteiger charge is -2.19. The van der Waals surface area contributed by atoms with Crippen molar-refractivity contribution in [3.05, 3.63) is 58.6 Å². The minimum atomic E-state index is -0.143. The molecule has 1 aliphatic heterocycles. The van der Waals surface area contributed by atoms with Crippen molar-refractivity contribution in [2.24, 2.45) is 0 Å². The van der Waals surface area contributed by atoms with E-state index in [2.05, 4.69) is 16.3 Å². The summed E-state index contributed by atoms with van der Waals surface area (Å²) in [6, 6.07) is 11.0. The molecule has 0 aliphatic carbocycles. The molecule has 27 heavy (non-hydrogen) atoms. The molecule has 142 valence electrons. The Morgan fingerprint density at radius 3 is 3.00 bits per heavy atom. The van der Waals surface area contributed by atoms with Gasteiger partial charge in [0.05, 0.1) is 7.11 Å². The molecule has 3 rings (SSSR count). The molecular weight excluding hydrogens is 364 g/mol. The van der Waals surface area contributed by atoms with Crippen LogP contribution in [0.25, 0.3) is 6.08 Å². The first-order valence-electron chi connectivity index (χ1n) is 8.93. The highest BCUT2D eigenvalue weighted by molar-refractivity contribution is 6.30. The number of aromatic hydroxyl groups is 1. The Kier molecular flexibility index (Phi) is 6.24. The van der Waals surface area contributed by atoms with Crippen LogP contribution >= 0.6 is 11.6 Å². The number of carbonyl (C=O) groups excluding carboxylic acids is 1. The smallest absolute Gasteiger partial charge is 0.244 e. The number of benzene rings is 2. The van der Waals surface area contributed by atoms with Crippen LogP contribution in [-0.2, 0) is 11.2 Å². The van der Waals surface area contributed by atoms with E-state index < -0.39 is 0 Å². The van der Waals surface area contributed by atoms with Crippen molar-refractivity contribution in [3.63, 3.8) is 0 Å². The van der Waals surface area contributed by atoms with Gasteiger partial charge in [0.25, 0.3) is 0 Å². The van der Waals surface area contributed by atoms with Gasteiger partial charge in [0, 0.05) is 36.4 Å². The van der Waals surface area contributed by atoms with Crippen LogP contribution in [-0.4, -0.2) is 37.8 Å². The van der Waals surface area contributed by atoms with E-state index in [0.29, 0.717) is 12.3 Å². The fourth-order valence-corrected chi connectivity index (χ4v) is 3.38. The summed E-state index contributed by atoms with van der Waals surface area (Å²) >= 11 is 6.04. The lowest BCUT2D eigenvalue weighted by Crippen LogP contribution is -2.28. The molecule has 1 aliphatic rings. The first-order chi connectivity index (χ1) is 13.1. The second-order valence-corrected chi connectivity index (χ2v) is 6.86. The van der Waals surface area contributed by atoms with Crippen molar-refractivity contribution < 1.29 is 14.6 Å². The topological polar surface area (TPSA) is 61.8 Å². The molecule has 0 atom stereocenters. The molecule has 0 saturated heterocycles. The van der Waals surface area contributed by atoms with Crippen LogP contribution in [0.2, 0.25) is 5.02 Å². The van der Waals surface area contributed by atoms with E-state index >= 15 is 0 Å². The molecule has 0 aromatic heterocycles. The van der Waals surface area contributed by atoms with Gasteiger partial charge in [-0.25, -0.2) is 0 Å². The van der Waals surface area contributed by atoms with Gasteiger partial charge in [0.15, 0.2) is 11.5 Å². The van der Waals surface area contributed by atoms with Crippen LogP contribution in [0.5, 0.6) is 11.5 Å². The summed E-state index contributed by atoms with van der Waals surface area (Å²) in [6.45, 7) is 2.50. The summed E-state index contributed by atoms with van der Waals surface area (Å²) < 4.78 is 5.06. The van der Waals surface area contributed by atoms with E-state index in [1.807, 2.05) is 12.1 Å². The average Bonchev–Trinajstić information content (AvgIpc) is 3.06. The maximum Gasteiger partial charge on any atom is 0.244 e. The fourth-order valence-electron chi connectivity index (χ4n) is 3.18. The zero-order chi connectivity index (χ0) is 19.2. The molecule has 2 N–H and O–H groups in total. The van der Waals surface area contributed by atoms with Crippen molar-refractivity contribution >= 4 is 29.3 Å². The number of carbonyl (C=O) groups is 1. The van der Waals surface area contributed by atoms with Crippen LogP contribution in [0, 0.1) is 0 Å². The van der Waals surface area contributed by atoms with E-state index in [1.165, 1.54) is 30.5 Å². The minimum absolute atomic E-state index is 0.0739. The number of rotatable bonds is 7. The Balaban J connectivity index is 1.43. The van der Waals surface area contributed by atoms with Gasteiger partial charge in [0.1, 0.15) is 0 Å². The number of methoxy groups -OCH3 is 1. The SMILES string of the molecule is COc1cc(/C=C/C(=O)NCCCN2CCc3cc(Cl)ccc32)ccc1O. The number of hydrogen-bond donors (Lipinski definition) is 2. The predicted octanol–water partition coefficient (Wildman–Crippen LogP) is 3.64. The highest BCUT2D eigenvalue weighted by Crippen LogP contribution is 2.30. The molecule has 0 bridgehead atoms. The second-order valence-electron chi connectivity index (χ2n) is 6.42. The number of nitrogens with zero attached hydrogens (tertiary/aromatic N) is 1. The third-order valence-electron chi connectivity index (χ3n) is 4.57. The molecule has 0 unspecified atom stereocenters. The largest absolute Gasteiger partial charge is 0.504 e. The molecule has 0 spiro atoms. The number of phenols is 1. The van der Waals surface area contributed by atoms with Crippen molar-refractivity contribution in [2.45, 2.75) is 12.8 Å². The zero-order valence-corrected chi connectivity index (χ0v) is 16.0. The number of hydrogen-bond acceptors (Lipinski definition) is 4. The summed E-state index contributed by atoms with van der Waals surface area (Å²) in [5.74, 6) is 0.310. The Morgan fingerprint density at radius 2 is 2.19 bits per heavy atom. The number of amides is 1. The third-order valence-corrected chi connectivity index (χ3v) is 4.80. The normalized spacial score (nSPS) is 13.0. The van der Waals surface area contributed by atoms with Crippen LogP contribution in [0.4, 0.5) is 5.69 Å². The van der Waals surface area contributed by atoms with Gasteiger partial charge >= 0.3 is 0 Å². The van der Waals surface area contributed by atoms with Gasteiger partial charge in [0.2, 0.25) is 5.91 Å². The summed E-state index contributed by atoms with van der Waals surface area (Å²) in [5, 5.41) is 13.3. The van der Waals surface area contributed by atoms with Gasteiger partial charge in [-0.3, -0.25) is 4.79 Å². The summed E-state index contributed by atoms with van der Waals surface area (Å²) in [6.07, 6.45) is 5.06. The van der Waals surface area contributed by atoms with Crippen LogP contribution < -0.4 is 15.0 Å². The summed E-state index contributed by atoms with van der Waals surface area (Å²) in [7, 11) is 1.49. The number of phenolic OH excluding ortho intramolecular Hbond substituents is 1. The summed E-state index contributed by atoms with van der Waals surface area (Å²) in [5.41, 5.74) is 3.32. The number of nitrogens with one attached hydrogen (secondary N) is 1. The van der Waals surface area contributed by atoms with E-state index in [-0.39, 0.29) is 11.7 Å². The lowest BCUT2D eigenvalue weighted by atomic mass is 10.2. The van der Waals surface area contributed by atoms with E-state index in [4.69, 9.17) is 16.3 Å². The molecule has 6 heteroatoms. The molecule has 5 nitrogen and oxygen atoms in total. The maximum absolute atomic E-state index is 12.0. The van der Waals surface area contributed by atoms with E-state index in [0.717, 1.165) is 36.5 Å². The Hall–Kier alpha value is -2.66. The van der Waals surface area contributed by atoms with Crippen LogP contribution in [0.15, 0.2) is 42.5 Å². The molecule has 0 fully saturated rings. The monoisotopic (exact) mass is 386 g/mol. The van der Waals surface area contributed by atoms with Crippen molar-refractivity contribution in [3.8, 4) is 11.5 Å². The number of ether oxygens (including phenoxy) is 1. The molecular formula is C21H23ClN2O3. The fraction of sp³-hybridized carbons (Fsp3) is 0.286. The van der Waals surface area contributed by atoms with Crippen LogP contribution in [0.1, 0.15) is 17.5 Å². The van der Waals surface area contributed by atoms with Gasteiger partial charge in [-0.1, -0.05) is 17.7 Å². The van der Waals surface area contributed by atoms with Crippen molar-refractivity contribution in [1.82, 2.24) is 5.32 Å². The molecule has 0 radical (unpaired) electrons. The zero-order valence-electron chi connectivity index (χ0n) is 15.2. The Labute approximate surface area is 164 Å². The molecule has 2 aromatic rings. The predicted molar refractivity (Wildman–Crippen MR) is 109 cm³/mol. The maximum atomic E-state index is 12.0. The van der Waals surface area contributed by atoms with Crippen molar-refractivity contribution in [1.29, 1.82) is 0 Å². The standard InChI is InChI=1S/C21H23ClN2O3/c1-27-20-13-15(3-7-19(20)25)4-8-21(26)23-10-2-11-24-12-9-16-14-17(22)5-6-18(16)24/h3-8,13-14,25H,2,9-12H2,1H3,(H,23,26)/b8-4+. The highest BCUT2D eigenvalue weighted by Gasteiger charge is 2.18. The second kappa shape index (κ2) is 8.82.